The highest BCUT2D eigenvalue weighted by molar-refractivity contribution is 6.29. The Morgan fingerprint density at radius 2 is 1.85 bits per heavy atom. The molecule has 176 valence electrons. The van der Waals surface area contributed by atoms with Crippen LogP contribution in [0.4, 0.5) is 15.8 Å². The van der Waals surface area contributed by atoms with Crippen molar-refractivity contribution < 1.29 is 4.39 Å². The van der Waals surface area contributed by atoms with E-state index in [1.165, 1.54) is 29.5 Å². The zero-order valence-electron chi connectivity index (χ0n) is 19.1. The SMILES string of the molecule is Cn1c(=O)c(C#N)c(N[C@H]2CC[C@@H](N(CC3CC3)c3ccc(F)cc3)CC2)c2nc(Cl)ccc21. The molecule has 8 heteroatoms. The highest BCUT2D eigenvalue weighted by Gasteiger charge is 2.32. The molecular formula is C26H27ClFN5O. The minimum atomic E-state index is -0.345. The molecule has 6 nitrogen and oxygen atoms in total. The summed E-state index contributed by atoms with van der Waals surface area (Å²) in [5.74, 6) is 0.507. The Bertz CT molecular complexity index is 1300. The van der Waals surface area contributed by atoms with E-state index < -0.39 is 0 Å². The van der Waals surface area contributed by atoms with Gasteiger partial charge in [0.1, 0.15) is 28.1 Å². The fourth-order valence-electron chi connectivity index (χ4n) is 5.04. The predicted octanol–water partition coefficient (Wildman–Crippen LogP) is 5.24. The van der Waals surface area contributed by atoms with Crippen molar-refractivity contribution in [3.8, 4) is 6.07 Å². The molecule has 0 atom stereocenters. The predicted molar refractivity (Wildman–Crippen MR) is 133 cm³/mol. The van der Waals surface area contributed by atoms with Crippen LogP contribution in [0.25, 0.3) is 11.0 Å². The van der Waals surface area contributed by atoms with Crippen molar-refractivity contribution in [1.29, 1.82) is 5.26 Å². The molecule has 5 rings (SSSR count). The summed E-state index contributed by atoms with van der Waals surface area (Å²) in [5.41, 5.74) is 2.44. The number of pyridine rings is 2. The fraction of sp³-hybridized carbons (Fsp3) is 0.423. The van der Waals surface area contributed by atoms with Gasteiger partial charge in [0.25, 0.3) is 5.56 Å². The number of nitrogens with zero attached hydrogens (tertiary/aromatic N) is 4. The smallest absolute Gasteiger partial charge is 0.270 e. The van der Waals surface area contributed by atoms with Gasteiger partial charge in [-0.3, -0.25) is 4.79 Å². The number of benzene rings is 1. The summed E-state index contributed by atoms with van der Waals surface area (Å²) in [6.45, 7) is 1.01. The largest absolute Gasteiger partial charge is 0.379 e. The number of hydrogen-bond donors (Lipinski definition) is 1. The third-order valence-electron chi connectivity index (χ3n) is 7.11. The van der Waals surface area contributed by atoms with Crippen LogP contribution in [0.3, 0.4) is 0 Å². The van der Waals surface area contributed by atoms with Gasteiger partial charge in [0.15, 0.2) is 0 Å². The molecule has 0 spiro atoms. The molecule has 2 aromatic heterocycles. The van der Waals surface area contributed by atoms with Crippen LogP contribution in [0.1, 0.15) is 44.1 Å². The Morgan fingerprint density at radius 1 is 1.15 bits per heavy atom. The van der Waals surface area contributed by atoms with Crippen LogP contribution in [0.2, 0.25) is 5.15 Å². The lowest BCUT2D eigenvalue weighted by Crippen LogP contribution is -2.42. The van der Waals surface area contributed by atoms with Gasteiger partial charge in [-0.1, -0.05) is 11.6 Å². The number of nitriles is 1. The quantitative estimate of drug-likeness (QED) is 0.489. The van der Waals surface area contributed by atoms with Crippen LogP contribution >= 0.6 is 11.6 Å². The van der Waals surface area contributed by atoms with E-state index in [1.54, 1.807) is 19.2 Å². The number of aryl methyl sites for hydroxylation is 1. The average Bonchev–Trinajstić information content (AvgIpc) is 3.67. The topological polar surface area (TPSA) is 74.0 Å². The first-order chi connectivity index (χ1) is 16.4. The summed E-state index contributed by atoms with van der Waals surface area (Å²) in [4.78, 5) is 19.7. The molecule has 2 saturated carbocycles. The molecule has 0 radical (unpaired) electrons. The van der Waals surface area contributed by atoms with Crippen LogP contribution in [0.15, 0.2) is 41.2 Å². The van der Waals surface area contributed by atoms with Gasteiger partial charge in [-0.25, -0.2) is 9.37 Å². The van der Waals surface area contributed by atoms with Crippen molar-refractivity contribution in [2.75, 3.05) is 16.8 Å². The molecule has 1 N–H and O–H groups in total. The Morgan fingerprint density at radius 3 is 2.50 bits per heavy atom. The highest BCUT2D eigenvalue weighted by Crippen LogP contribution is 2.36. The Hall–Kier alpha value is -3.11. The molecule has 0 amide bonds. The summed E-state index contributed by atoms with van der Waals surface area (Å²) in [5, 5.41) is 13.5. The van der Waals surface area contributed by atoms with Gasteiger partial charge in [-0.15, -0.1) is 0 Å². The third kappa shape index (κ3) is 4.47. The van der Waals surface area contributed by atoms with Gasteiger partial charge in [-0.05, 0) is 80.8 Å². The fourth-order valence-corrected chi connectivity index (χ4v) is 5.19. The second kappa shape index (κ2) is 9.27. The highest BCUT2D eigenvalue weighted by atomic mass is 35.5. The average molecular weight is 480 g/mol. The van der Waals surface area contributed by atoms with Gasteiger partial charge in [0, 0.05) is 31.4 Å². The van der Waals surface area contributed by atoms with Crippen molar-refractivity contribution in [2.45, 2.75) is 50.6 Å². The first-order valence-corrected chi connectivity index (χ1v) is 12.2. The number of rotatable bonds is 6. The van der Waals surface area contributed by atoms with Crippen LogP contribution in [-0.4, -0.2) is 28.2 Å². The van der Waals surface area contributed by atoms with E-state index in [9.17, 15) is 14.4 Å². The number of anilines is 2. The number of fused-ring (bicyclic) bond motifs is 1. The summed E-state index contributed by atoms with van der Waals surface area (Å²) in [7, 11) is 1.64. The first kappa shape index (κ1) is 22.7. The van der Waals surface area contributed by atoms with E-state index in [-0.39, 0.29) is 23.0 Å². The maximum atomic E-state index is 13.5. The molecule has 2 aliphatic carbocycles. The molecule has 0 aliphatic heterocycles. The van der Waals surface area contributed by atoms with Gasteiger partial charge in [-0.2, -0.15) is 5.26 Å². The third-order valence-corrected chi connectivity index (χ3v) is 7.32. The van der Waals surface area contributed by atoms with Crippen molar-refractivity contribution in [3.63, 3.8) is 0 Å². The normalized spacial score (nSPS) is 20.2. The van der Waals surface area contributed by atoms with Crippen LogP contribution < -0.4 is 15.8 Å². The first-order valence-electron chi connectivity index (χ1n) is 11.8. The Balaban J connectivity index is 1.37. The molecule has 2 heterocycles. The minimum Gasteiger partial charge on any atom is -0.379 e. The van der Waals surface area contributed by atoms with E-state index in [2.05, 4.69) is 21.3 Å². The van der Waals surface area contributed by atoms with Crippen molar-refractivity contribution in [3.05, 3.63) is 63.3 Å². The number of halogens is 2. The minimum absolute atomic E-state index is 0.0635. The lowest BCUT2D eigenvalue weighted by Gasteiger charge is -2.39. The van der Waals surface area contributed by atoms with Crippen LogP contribution in [0.5, 0.6) is 0 Å². The van der Waals surface area contributed by atoms with E-state index in [0.29, 0.717) is 27.9 Å². The second-order valence-electron chi connectivity index (χ2n) is 9.45. The zero-order valence-corrected chi connectivity index (χ0v) is 19.9. The van der Waals surface area contributed by atoms with E-state index in [0.717, 1.165) is 43.8 Å². The van der Waals surface area contributed by atoms with Crippen molar-refractivity contribution in [2.24, 2.45) is 13.0 Å². The zero-order chi connectivity index (χ0) is 23.8. The molecule has 0 unspecified atom stereocenters. The maximum Gasteiger partial charge on any atom is 0.270 e. The van der Waals surface area contributed by atoms with E-state index >= 15 is 0 Å². The van der Waals surface area contributed by atoms with Crippen LogP contribution in [0, 0.1) is 23.1 Å². The molecule has 34 heavy (non-hydrogen) atoms. The van der Waals surface area contributed by atoms with Gasteiger partial charge < -0.3 is 14.8 Å². The summed E-state index contributed by atoms with van der Waals surface area (Å²) in [6, 6.07) is 12.8. The standard InChI is InChI=1S/C26H27ClFN5O/c1-32-22-12-13-23(27)31-25(22)24(21(14-29)26(32)34)30-18-6-10-20(11-7-18)33(15-16-2-3-16)19-8-4-17(28)5-9-19/h4-5,8-9,12-13,16,18,20,30H,2-3,6-7,10-11,15H2,1H3/t18-,20+. The Kier molecular flexibility index (Phi) is 6.18. The molecular weight excluding hydrogens is 453 g/mol. The second-order valence-corrected chi connectivity index (χ2v) is 9.84. The summed E-state index contributed by atoms with van der Waals surface area (Å²) >= 11 is 6.15. The Labute approximate surface area is 203 Å². The number of nitrogens with one attached hydrogen (secondary N) is 1. The molecule has 0 bridgehead atoms. The summed E-state index contributed by atoms with van der Waals surface area (Å²) in [6.07, 6.45) is 6.26. The van der Waals surface area contributed by atoms with Crippen molar-refractivity contribution in [1.82, 2.24) is 9.55 Å². The van der Waals surface area contributed by atoms with Gasteiger partial charge >= 0.3 is 0 Å². The molecule has 2 aliphatic rings. The number of aromatic nitrogens is 2. The van der Waals surface area contributed by atoms with E-state index in [4.69, 9.17) is 11.6 Å². The lowest BCUT2D eigenvalue weighted by molar-refractivity contribution is 0.386. The molecule has 1 aromatic carbocycles. The molecule has 0 saturated heterocycles. The summed E-state index contributed by atoms with van der Waals surface area (Å²) < 4.78 is 14.9. The van der Waals surface area contributed by atoms with Gasteiger partial charge in [0.05, 0.1) is 11.2 Å². The number of hydrogen-bond acceptors (Lipinski definition) is 5. The molecule has 2 fully saturated rings. The van der Waals surface area contributed by atoms with Crippen molar-refractivity contribution >= 4 is 34.0 Å². The van der Waals surface area contributed by atoms with Gasteiger partial charge in [0.2, 0.25) is 0 Å². The maximum absolute atomic E-state index is 13.5. The molecule has 3 aromatic rings. The monoisotopic (exact) mass is 479 g/mol. The van der Waals surface area contributed by atoms with Crippen LogP contribution in [-0.2, 0) is 7.05 Å². The lowest BCUT2D eigenvalue weighted by atomic mass is 9.89. The van der Waals surface area contributed by atoms with E-state index in [1.807, 2.05) is 12.1 Å².